The highest BCUT2D eigenvalue weighted by atomic mass is 32.2. The topological polar surface area (TPSA) is 69.4 Å². The molecule has 1 atom stereocenters. The molecule has 0 bridgehead atoms. The molecule has 0 spiro atoms. The lowest BCUT2D eigenvalue weighted by Crippen LogP contribution is -2.14. The minimum absolute atomic E-state index is 0.0119. The second-order valence-corrected chi connectivity index (χ2v) is 6.21. The molecule has 1 aromatic rings. The molecule has 4 nitrogen and oxygen atoms in total. The van der Waals surface area contributed by atoms with E-state index in [1.165, 1.54) is 18.2 Å². The maximum Gasteiger partial charge on any atom is 0.150 e. The Kier molecular flexibility index (Phi) is 4.47. The molecule has 0 fully saturated rings. The number of rotatable bonds is 5. The predicted octanol–water partition coefficient (Wildman–Crippen LogP) is 1.27. The van der Waals surface area contributed by atoms with Crippen molar-refractivity contribution in [2.45, 2.75) is 13.0 Å². The number of hydrogen-bond donors (Lipinski definition) is 1. The van der Waals surface area contributed by atoms with E-state index in [0.717, 1.165) is 6.26 Å². The first kappa shape index (κ1) is 13.9. The molecule has 0 aliphatic heterocycles. The second-order valence-electron chi connectivity index (χ2n) is 3.95. The molecular formula is C11H16FNO3S. The van der Waals surface area contributed by atoms with E-state index >= 15 is 0 Å². The molecular weight excluding hydrogens is 245 g/mol. The quantitative estimate of drug-likeness (QED) is 0.866. The minimum Gasteiger partial charge on any atom is -0.492 e. The van der Waals surface area contributed by atoms with Crippen LogP contribution in [0.4, 0.5) is 4.39 Å². The summed E-state index contributed by atoms with van der Waals surface area (Å²) >= 11 is 0. The third-order valence-electron chi connectivity index (χ3n) is 2.18. The molecule has 0 amide bonds. The molecule has 96 valence electrons. The highest BCUT2D eigenvalue weighted by Crippen LogP contribution is 2.24. The first-order valence-corrected chi connectivity index (χ1v) is 7.21. The van der Waals surface area contributed by atoms with Crippen molar-refractivity contribution in [2.24, 2.45) is 5.73 Å². The fourth-order valence-electron chi connectivity index (χ4n) is 1.31. The Hall–Kier alpha value is -1.14. The van der Waals surface area contributed by atoms with E-state index < -0.39 is 15.7 Å². The van der Waals surface area contributed by atoms with Crippen molar-refractivity contribution >= 4 is 9.84 Å². The van der Waals surface area contributed by atoms with Crippen LogP contribution in [-0.2, 0) is 9.84 Å². The summed E-state index contributed by atoms with van der Waals surface area (Å²) in [6.45, 7) is 1.73. The van der Waals surface area contributed by atoms with Gasteiger partial charge in [-0.1, -0.05) is 6.07 Å². The zero-order valence-electron chi connectivity index (χ0n) is 9.81. The first-order valence-electron chi connectivity index (χ1n) is 5.15. The van der Waals surface area contributed by atoms with E-state index in [4.69, 9.17) is 10.5 Å². The Labute approximate surface area is 101 Å². The normalized spacial score (nSPS) is 13.4. The molecule has 6 heteroatoms. The monoisotopic (exact) mass is 261 g/mol. The van der Waals surface area contributed by atoms with Crippen molar-refractivity contribution in [2.75, 3.05) is 18.6 Å². The van der Waals surface area contributed by atoms with Gasteiger partial charge in [-0.2, -0.15) is 0 Å². The zero-order valence-corrected chi connectivity index (χ0v) is 10.6. The van der Waals surface area contributed by atoms with Gasteiger partial charge < -0.3 is 10.5 Å². The van der Waals surface area contributed by atoms with Crippen molar-refractivity contribution in [3.8, 4) is 5.75 Å². The molecule has 0 heterocycles. The maximum absolute atomic E-state index is 13.0. The maximum atomic E-state index is 13.0. The second kappa shape index (κ2) is 5.46. The molecule has 0 aliphatic rings. The number of ether oxygens (including phenoxy) is 1. The molecule has 0 saturated carbocycles. The smallest absolute Gasteiger partial charge is 0.150 e. The van der Waals surface area contributed by atoms with Crippen molar-refractivity contribution in [1.82, 2.24) is 0 Å². The molecule has 17 heavy (non-hydrogen) atoms. The van der Waals surface area contributed by atoms with Crippen molar-refractivity contribution in [3.05, 3.63) is 29.6 Å². The van der Waals surface area contributed by atoms with E-state index in [-0.39, 0.29) is 18.4 Å². The third-order valence-corrected chi connectivity index (χ3v) is 3.09. The van der Waals surface area contributed by atoms with Crippen LogP contribution in [0.25, 0.3) is 0 Å². The lowest BCUT2D eigenvalue weighted by Gasteiger charge is -2.13. The molecule has 2 N–H and O–H groups in total. The average Bonchev–Trinajstić information content (AvgIpc) is 2.15. The number of nitrogens with two attached hydrogens (primary N) is 1. The summed E-state index contributed by atoms with van der Waals surface area (Å²) in [5, 5.41) is 0. The number of hydrogen-bond acceptors (Lipinski definition) is 4. The lowest BCUT2D eigenvalue weighted by atomic mass is 10.1. The molecule has 1 unspecified atom stereocenters. The van der Waals surface area contributed by atoms with Crippen LogP contribution in [0.15, 0.2) is 18.2 Å². The van der Waals surface area contributed by atoms with E-state index in [9.17, 15) is 12.8 Å². The fraction of sp³-hybridized carbons (Fsp3) is 0.455. The van der Waals surface area contributed by atoms with Crippen molar-refractivity contribution in [1.29, 1.82) is 0 Å². The SMILES string of the molecule is CC(N)c1ccc(F)cc1OCCS(C)(=O)=O. The highest BCUT2D eigenvalue weighted by Gasteiger charge is 2.10. The Balaban J connectivity index is 2.79. The van der Waals surface area contributed by atoms with Gasteiger partial charge >= 0.3 is 0 Å². The van der Waals surface area contributed by atoms with Crippen LogP contribution < -0.4 is 10.5 Å². The van der Waals surface area contributed by atoms with Gasteiger partial charge in [0.25, 0.3) is 0 Å². The van der Waals surface area contributed by atoms with Gasteiger partial charge in [-0.3, -0.25) is 0 Å². The number of benzene rings is 1. The van der Waals surface area contributed by atoms with Gasteiger partial charge in [-0.15, -0.1) is 0 Å². The molecule has 0 radical (unpaired) electrons. The lowest BCUT2D eigenvalue weighted by molar-refractivity contribution is 0.333. The van der Waals surface area contributed by atoms with Crippen LogP contribution in [-0.4, -0.2) is 27.0 Å². The first-order chi connectivity index (χ1) is 7.79. The Bertz CT molecular complexity index is 485. The number of halogens is 1. The van der Waals surface area contributed by atoms with Gasteiger partial charge in [0.15, 0.2) is 9.84 Å². The molecule has 1 rings (SSSR count). The van der Waals surface area contributed by atoms with Gasteiger partial charge in [0, 0.05) is 23.9 Å². The van der Waals surface area contributed by atoms with E-state index in [0.29, 0.717) is 11.3 Å². The van der Waals surface area contributed by atoms with Crippen LogP contribution >= 0.6 is 0 Å². The van der Waals surface area contributed by atoms with Gasteiger partial charge in [-0.25, -0.2) is 12.8 Å². The standard InChI is InChI=1S/C11H16FNO3S/c1-8(13)10-4-3-9(12)7-11(10)16-5-6-17(2,14)15/h3-4,7-8H,5-6,13H2,1-2H3. The summed E-state index contributed by atoms with van der Waals surface area (Å²) < 4.78 is 40.1. The van der Waals surface area contributed by atoms with E-state index in [2.05, 4.69) is 0 Å². The van der Waals surface area contributed by atoms with Crippen LogP contribution in [0, 0.1) is 5.82 Å². The van der Waals surface area contributed by atoms with Gasteiger partial charge in [0.2, 0.25) is 0 Å². The largest absolute Gasteiger partial charge is 0.492 e. The summed E-state index contributed by atoms with van der Waals surface area (Å²) in [6, 6.07) is 3.74. The van der Waals surface area contributed by atoms with Crippen LogP contribution in [0.3, 0.4) is 0 Å². The van der Waals surface area contributed by atoms with E-state index in [1.54, 1.807) is 6.92 Å². The van der Waals surface area contributed by atoms with Gasteiger partial charge in [-0.05, 0) is 13.0 Å². The minimum atomic E-state index is -3.09. The summed E-state index contributed by atoms with van der Waals surface area (Å²) in [4.78, 5) is 0. The Morgan fingerprint density at radius 2 is 2.12 bits per heavy atom. The fourth-order valence-corrected chi connectivity index (χ4v) is 1.70. The average molecular weight is 261 g/mol. The molecule has 0 aromatic heterocycles. The molecule has 0 aliphatic carbocycles. The molecule has 1 aromatic carbocycles. The highest BCUT2D eigenvalue weighted by molar-refractivity contribution is 7.90. The molecule has 0 saturated heterocycles. The van der Waals surface area contributed by atoms with Crippen molar-refractivity contribution < 1.29 is 17.5 Å². The Morgan fingerprint density at radius 1 is 1.47 bits per heavy atom. The number of sulfone groups is 1. The summed E-state index contributed by atoms with van der Waals surface area (Å²) in [5.74, 6) is -0.255. The zero-order chi connectivity index (χ0) is 13.1. The van der Waals surface area contributed by atoms with Crippen LogP contribution in [0.5, 0.6) is 5.75 Å². The third kappa shape index (κ3) is 4.70. The Morgan fingerprint density at radius 3 is 2.65 bits per heavy atom. The van der Waals surface area contributed by atoms with Crippen molar-refractivity contribution in [3.63, 3.8) is 0 Å². The van der Waals surface area contributed by atoms with Gasteiger partial charge in [0.05, 0.1) is 5.75 Å². The predicted molar refractivity (Wildman–Crippen MR) is 64.2 cm³/mol. The summed E-state index contributed by atoms with van der Waals surface area (Å²) in [6.07, 6.45) is 1.12. The van der Waals surface area contributed by atoms with Crippen LogP contribution in [0.1, 0.15) is 18.5 Å². The van der Waals surface area contributed by atoms with Crippen LogP contribution in [0.2, 0.25) is 0 Å². The van der Waals surface area contributed by atoms with E-state index in [1.807, 2.05) is 0 Å². The van der Waals surface area contributed by atoms with Gasteiger partial charge in [0.1, 0.15) is 18.2 Å². The summed E-state index contributed by atoms with van der Waals surface area (Å²) in [5.41, 5.74) is 6.35. The summed E-state index contributed by atoms with van der Waals surface area (Å²) in [7, 11) is -3.09.